The first-order chi connectivity index (χ1) is 13.1. The highest BCUT2D eigenvalue weighted by atomic mass is 19.1. The summed E-state index contributed by atoms with van der Waals surface area (Å²) in [6.07, 6.45) is 12.1. The average Bonchev–Trinajstić information content (AvgIpc) is 2.67. The molecule has 0 amide bonds. The molecule has 27 heavy (non-hydrogen) atoms. The first kappa shape index (κ1) is 19.7. The van der Waals surface area contributed by atoms with Crippen LogP contribution in [-0.4, -0.2) is 7.11 Å². The summed E-state index contributed by atoms with van der Waals surface area (Å²) in [6.45, 7) is 4.46. The Morgan fingerprint density at radius 1 is 1.04 bits per heavy atom. The molecule has 1 aliphatic carbocycles. The van der Waals surface area contributed by atoms with Crippen LogP contribution in [0.5, 0.6) is 5.75 Å². The lowest BCUT2D eigenvalue weighted by Crippen LogP contribution is -2.02. The Hall–Kier alpha value is -2.09. The molecule has 1 aliphatic rings. The Morgan fingerprint density at radius 2 is 1.81 bits per heavy atom. The zero-order chi connectivity index (χ0) is 19.2. The monoisotopic (exact) mass is 366 g/mol. The number of hydrogen-bond acceptors (Lipinski definition) is 1. The summed E-state index contributed by atoms with van der Waals surface area (Å²) in [6, 6.07) is 11.4. The molecule has 0 saturated heterocycles. The number of halogens is 1. The Balaban J connectivity index is 2.00. The zero-order valence-corrected chi connectivity index (χ0v) is 16.8. The molecule has 2 heteroatoms. The van der Waals surface area contributed by atoms with Gasteiger partial charge in [-0.05, 0) is 66.0 Å². The summed E-state index contributed by atoms with van der Waals surface area (Å²) in [5.74, 6) is 1.72. The molecule has 1 fully saturated rings. The quantitative estimate of drug-likeness (QED) is 0.521. The van der Waals surface area contributed by atoms with Gasteiger partial charge in [-0.15, -0.1) is 0 Å². The van der Waals surface area contributed by atoms with E-state index in [1.807, 2.05) is 0 Å². The van der Waals surface area contributed by atoms with Crippen LogP contribution < -0.4 is 4.74 Å². The zero-order valence-electron chi connectivity index (χ0n) is 16.8. The maximum Gasteiger partial charge on any atom is 0.131 e. The van der Waals surface area contributed by atoms with E-state index in [9.17, 15) is 4.39 Å². The predicted molar refractivity (Wildman–Crippen MR) is 113 cm³/mol. The molecule has 0 N–H and O–H groups in total. The van der Waals surface area contributed by atoms with E-state index in [4.69, 9.17) is 4.74 Å². The van der Waals surface area contributed by atoms with Crippen molar-refractivity contribution in [2.24, 2.45) is 11.8 Å². The molecule has 1 saturated carbocycles. The van der Waals surface area contributed by atoms with Gasteiger partial charge in [0.25, 0.3) is 0 Å². The van der Waals surface area contributed by atoms with Crippen LogP contribution in [0.25, 0.3) is 17.2 Å². The van der Waals surface area contributed by atoms with E-state index in [-0.39, 0.29) is 5.82 Å². The van der Waals surface area contributed by atoms with Crippen molar-refractivity contribution in [3.63, 3.8) is 0 Å². The van der Waals surface area contributed by atoms with Crippen molar-refractivity contribution in [1.29, 1.82) is 0 Å². The summed E-state index contributed by atoms with van der Waals surface area (Å²) < 4.78 is 19.9. The van der Waals surface area contributed by atoms with E-state index in [0.717, 1.165) is 17.5 Å². The fraction of sp³-hybridized carbons (Fsp3) is 0.440. The molecule has 1 nitrogen and oxygen atoms in total. The molecule has 2 aromatic rings. The minimum absolute atomic E-state index is 0.209. The fourth-order valence-electron chi connectivity index (χ4n) is 4.00. The first-order valence-corrected chi connectivity index (χ1v) is 10.2. The summed E-state index contributed by atoms with van der Waals surface area (Å²) in [5.41, 5.74) is 3.95. The highest BCUT2D eigenvalue weighted by molar-refractivity contribution is 5.77. The topological polar surface area (TPSA) is 9.23 Å². The Kier molecular flexibility index (Phi) is 6.71. The molecule has 0 heterocycles. The Morgan fingerprint density at radius 3 is 2.52 bits per heavy atom. The fourth-order valence-corrected chi connectivity index (χ4v) is 4.00. The smallest absolute Gasteiger partial charge is 0.131 e. The van der Waals surface area contributed by atoms with Gasteiger partial charge in [0.05, 0.1) is 7.11 Å². The number of ether oxygens (including phenoxy) is 1. The SMILES string of the molecule is COc1ccc(F)c(-c2ccc(CC(C)C)cc2/C=C/C2CCCCC2)c1. The molecule has 144 valence electrons. The molecule has 0 unspecified atom stereocenters. The van der Waals surface area contributed by atoms with Gasteiger partial charge in [-0.3, -0.25) is 0 Å². The van der Waals surface area contributed by atoms with Crippen molar-refractivity contribution >= 4 is 6.08 Å². The largest absolute Gasteiger partial charge is 0.497 e. The minimum Gasteiger partial charge on any atom is -0.497 e. The molecule has 0 atom stereocenters. The van der Waals surface area contributed by atoms with Gasteiger partial charge in [0.2, 0.25) is 0 Å². The minimum atomic E-state index is -0.209. The maximum atomic E-state index is 14.6. The summed E-state index contributed by atoms with van der Waals surface area (Å²) in [5, 5.41) is 0. The molecule has 0 bridgehead atoms. The first-order valence-electron chi connectivity index (χ1n) is 10.2. The van der Waals surface area contributed by atoms with Crippen LogP contribution in [0.2, 0.25) is 0 Å². The third-order valence-electron chi connectivity index (χ3n) is 5.42. The van der Waals surface area contributed by atoms with E-state index in [1.54, 1.807) is 19.2 Å². The van der Waals surface area contributed by atoms with Gasteiger partial charge in [-0.1, -0.05) is 63.5 Å². The van der Waals surface area contributed by atoms with Gasteiger partial charge in [0, 0.05) is 5.56 Å². The van der Waals surface area contributed by atoms with Gasteiger partial charge >= 0.3 is 0 Å². The lowest BCUT2D eigenvalue weighted by molar-refractivity contribution is 0.414. The maximum absolute atomic E-state index is 14.6. The van der Waals surface area contributed by atoms with E-state index in [1.165, 1.54) is 43.7 Å². The molecule has 0 spiro atoms. The van der Waals surface area contributed by atoms with Gasteiger partial charge < -0.3 is 4.74 Å². The summed E-state index contributed by atoms with van der Waals surface area (Å²) in [4.78, 5) is 0. The molecule has 0 aromatic heterocycles. The molecular formula is C25H31FO. The molecule has 0 aliphatic heterocycles. The molecule has 0 radical (unpaired) electrons. The van der Waals surface area contributed by atoms with Gasteiger partial charge in [-0.25, -0.2) is 4.39 Å². The van der Waals surface area contributed by atoms with Crippen molar-refractivity contribution in [3.8, 4) is 16.9 Å². The number of allylic oxidation sites excluding steroid dienone is 1. The van der Waals surface area contributed by atoms with Crippen LogP contribution in [0.4, 0.5) is 4.39 Å². The van der Waals surface area contributed by atoms with Crippen LogP contribution in [0.1, 0.15) is 57.1 Å². The lowest BCUT2D eigenvalue weighted by Gasteiger charge is -2.18. The Bertz CT molecular complexity index is 785. The van der Waals surface area contributed by atoms with Crippen molar-refractivity contribution in [2.75, 3.05) is 7.11 Å². The third kappa shape index (κ3) is 5.22. The van der Waals surface area contributed by atoms with E-state index in [0.29, 0.717) is 23.1 Å². The van der Waals surface area contributed by atoms with Gasteiger partial charge in [0.15, 0.2) is 0 Å². The average molecular weight is 367 g/mol. The molecule has 2 aromatic carbocycles. The number of benzene rings is 2. The second kappa shape index (κ2) is 9.21. The summed E-state index contributed by atoms with van der Waals surface area (Å²) >= 11 is 0. The van der Waals surface area contributed by atoms with E-state index < -0.39 is 0 Å². The van der Waals surface area contributed by atoms with Crippen LogP contribution in [0.3, 0.4) is 0 Å². The Labute approximate surface area is 163 Å². The number of rotatable bonds is 6. The lowest BCUT2D eigenvalue weighted by atomic mass is 9.87. The van der Waals surface area contributed by atoms with Crippen LogP contribution in [0.15, 0.2) is 42.5 Å². The standard InChI is InChI=1S/C25H31FO/c1-18(2)15-20-10-13-23(24-17-22(27-3)12-14-25(24)26)21(16-20)11-9-19-7-5-4-6-8-19/h9-14,16-19H,4-8,15H2,1-3H3/b11-9+. The van der Waals surface area contributed by atoms with Crippen molar-refractivity contribution < 1.29 is 9.13 Å². The van der Waals surface area contributed by atoms with Crippen molar-refractivity contribution in [1.82, 2.24) is 0 Å². The van der Waals surface area contributed by atoms with Crippen LogP contribution >= 0.6 is 0 Å². The highest BCUT2D eigenvalue weighted by Gasteiger charge is 2.13. The molecule has 3 rings (SSSR count). The number of methoxy groups -OCH3 is 1. The molecular weight excluding hydrogens is 335 g/mol. The van der Waals surface area contributed by atoms with E-state index in [2.05, 4.69) is 44.2 Å². The highest BCUT2D eigenvalue weighted by Crippen LogP contribution is 2.33. The normalized spacial score (nSPS) is 15.6. The number of hydrogen-bond donors (Lipinski definition) is 0. The van der Waals surface area contributed by atoms with Gasteiger partial charge in [-0.2, -0.15) is 0 Å². The second-order valence-electron chi connectivity index (χ2n) is 8.12. The third-order valence-corrected chi connectivity index (χ3v) is 5.42. The van der Waals surface area contributed by atoms with Gasteiger partial charge in [0.1, 0.15) is 11.6 Å². The van der Waals surface area contributed by atoms with Crippen molar-refractivity contribution in [2.45, 2.75) is 52.4 Å². The van der Waals surface area contributed by atoms with E-state index >= 15 is 0 Å². The predicted octanol–water partition coefficient (Wildman–Crippen LogP) is 7.29. The van der Waals surface area contributed by atoms with Crippen LogP contribution in [0, 0.1) is 17.7 Å². The van der Waals surface area contributed by atoms with Crippen LogP contribution in [-0.2, 0) is 6.42 Å². The summed E-state index contributed by atoms with van der Waals surface area (Å²) in [7, 11) is 1.62. The second-order valence-corrected chi connectivity index (χ2v) is 8.12. The van der Waals surface area contributed by atoms with Crippen molar-refractivity contribution in [3.05, 3.63) is 59.4 Å².